The van der Waals surface area contributed by atoms with Gasteiger partial charge >= 0.3 is 5.97 Å². The first-order valence-electron chi connectivity index (χ1n) is 3.65. The lowest BCUT2D eigenvalue weighted by Gasteiger charge is -2.26. The minimum absolute atomic E-state index is 0.229. The van der Waals surface area contributed by atoms with Crippen LogP contribution in [0.3, 0.4) is 0 Å². The van der Waals surface area contributed by atoms with Crippen molar-refractivity contribution in [3.63, 3.8) is 0 Å². The Labute approximate surface area is 65.9 Å². The summed E-state index contributed by atoms with van der Waals surface area (Å²) in [6.45, 7) is 3.04. The number of nitrogens with one attached hydrogen (secondary N) is 1. The van der Waals surface area contributed by atoms with E-state index in [9.17, 15) is 4.79 Å². The smallest absolute Gasteiger partial charge is 0.325 e. The summed E-state index contributed by atoms with van der Waals surface area (Å²) in [5.41, 5.74) is 0. The van der Waals surface area contributed by atoms with Crippen molar-refractivity contribution in [2.75, 3.05) is 20.3 Å². The molecule has 0 saturated carbocycles. The largest absolute Gasteiger partial charge is 0.468 e. The second-order valence-electron chi connectivity index (χ2n) is 2.68. The zero-order valence-corrected chi connectivity index (χ0v) is 6.79. The van der Waals surface area contributed by atoms with Gasteiger partial charge in [0.25, 0.3) is 0 Å². The zero-order chi connectivity index (χ0) is 8.27. The van der Waals surface area contributed by atoms with Crippen LogP contribution < -0.4 is 5.32 Å². The maximum Gasteiger partial charge on any atom is 0.325 e. The normalized spacial score (nSPS) is 31.5. The molecule has 1 aliphatic rings. The van der Waals surface area contributed by atoms with Crippen molar-refractivity contribution in [1.29, 1.82) is 0 Å². The van der Waals surface area contributed by atoms with Crippen LogP contribution in [-0.2, 0) is 14.3 Å². The fourth-order valence-electron chi connectivity index (χ4n) is 1.08. The summed E-state index contributed by atoms with van der Waals surface area (Å²) in [7, 11) is 1.38. The van der Waals surface area contributed by atoms with Crippen LogP contribution in [0.4, 0.5) is 0 Å². The maximum absolute atomic E-state index is 10.9. The molecular formula is C7H13NO3. The van der Waals surface area contributed by atoms with Crippen molar-refractivity contribution in [2.45, 2.75) is 19.0 Å². The van der Waals surface area contributed by atoms with E-state index in [1.165, 1.54) is 7.11 Å². The number of hydrogen-bond donors (Lipinski definition) is 1. The van der Waals surface area contributed by atoms with E-state index in [1.807, 2.05) is 6.92 Å². The Hall–Kier alpha value is -0.610. The van der Waals surface area contributed by atoms with Gasteiger partial charge in [0.05, 0.1) is 20.3 Å². The number of rotatable bonds is 1. The Balaban J connectivity index is 2.39. The van der Waals surface area contributed by atoms with Gasteiger partial charge in [-0.25, -0.2) is 0 Å². The highest BCUT2D eigenvalue weighted by atomic mass is 16.5. The quantitative estimate of drug-likeness (QED) is 0.526. The summed E-state index contributed by atoms with van der Waals surface area (Å²) in [5.74, 6) is -0.253. The molecule has 1 N–H and O–H groups in total. The summed E-state index contributed by atoms with van der Waals surface area (Å²) < 4.78 is 9.71. The fourth-order valence-corrected chi connectivity index (χ4v) is 1.08. The van der Waals surface area contributed by atoms with E-state index in [0.29, 0.717) is 13.2 Å². The highest BCUT2D eigenvalue weighted by molar-refractivity contribution is 5.75. The van der Waals surface area contributed by atoms with Gasteiger partial charge in [0.15, 0.2) is 0 Å². The second-order valence-corrected chi connectivity index (χ2v) is 2.68. The van der Waals surface area contributed by atoms with Crippen molar-refractivity contribution in [1.82, 2.24) is 5.32 Å². The molecule has 0 aliphatic carbocycles. The lowest BCUT2D eigenvalue weighted by atomic mass is 10.2. The molecule has 0 amide bonds. The summed E-state index contributed by atoms with van der Waals surface area (Å²) in [5, 5.41) is 3.07. The number of morpholine rings is 1. The third-order valence-electron chi connectivity index (χ3n) is 1.62. The maximum atomic E-state index is 10.9. The van der Waals surface area contributed by atoms with Crippen molar-refractivity contribution < 1.29 is 14.3 Å². The first-order valence-corrected chi connectivity index (χ1v) is 3.65. The SMILES string of the molecule is COC(=O)[C@H]1COC[C@@H](C)N1. The topological polar surface area (TPSA) is 47.6 Å². The molecule has 0 unspecified atom stereocenters. The van der Waals surface area contributed by atoms with Crippen molar-refractivity contribution in [2.24, 2.45) is 0 Å². The van der Waals surface area contributed by atoms with Crippen molar-refractivity contribution in [3.8, 4) is 0 Å². The minimum Gasteiger partial charge on any atom is -0.468 e. The zero-order valence-electron chi connectivity index (χ0n) is 6.79. The number of hydrogen-bond acceptors (Lipinski definition) is 4. The van der Waals surface area contributed by atoms with Crippen molar-refractivity contribution in [3.05, 3.63) is 0 Å². The summed E-state index contributed by atoms with van der Waals surface area (Å²) in [4.78, 5) is 10.9. The molecule has 0 aromatic carbocycles. The van der Waals surface area contributed by atoms with Crippen LogP contribution in [0.15, 0.2) is 0 Å². The van der Waals surface area contributed by atoms with Gasteiger partial charge in [0, 0.05) is 6.04 Å². The molecule has 1 saturated heterocycles. The third-order valence-corrected chi connectivity index (χ3v) is 1.62. The molecule has 0 spiro atoms. The number of ether oxygens (including phenoxy) is 2. The molecule has 0 aromatic rings. The van der Waals surface area contributed by atoms with Crippen LogP contribution in [-0.4, -0.2) is 38.4 Å². The van der Waals surface area contributed by atoms with Crippen molar-refractivity contribution >= 4 is 5.97 Å². The Morgan fingerprint density at radius 1 is 1.64 bits per heavy atom. The molecule has 1 fully saturated rings. The molecular weight excluding hydrogens is 146 g/mol. The van der Waals surface area contributed by atoms with Crippen LogP contribution in [0.25, 0.3) is 0 Å². The van der Waals surface area contributed by atoms with Crippen LogP contribution in [0, 0.1) is 0 Å². The van der Waals surface area contributed by atoms with Gasteiger partial charge in [-0.1, -0.05) is 0 Å². The average Bonchev–Trinajstić information content (AvgIpc) is 2.03. The summed E-state index contributed by atoms with van der Waals surface area (Å²) >= 11 is 0. The van der Waals surface area contributed by atoms with Gasteiger partial charge in [0.2, 0.25) is 0 Å². The van der Waals surface area contributed by atoms with E-state index in [2.05, 4.69) is 10.1 Å². The lowest BCUT2D eigenvalue weighted by molar-refractivity contribution is -0.146. The summed E-state index contributed by atoms with van der Waals surface area (Å²) in [6, 6.07) is -0.0587. The van der Waals surface area contributed by atoms with Crippen LogP contribution in [0.1, 0.15) is 6.92 Å². The minimum atomic E-state index is -0.288. The predicted molar refractivity (Wildman–Crippen MR) is 39.2 cm³/mol. The van der Waals surface area contributed by atoms with E-state index < -0.39 is 0 Å². The molecule has 0 radical (unpaired) electrons. The monoisotopic (exact) mass is 159 g/mol. The molecule has 2 atom stereocenters. The Kier molecular flexibility index (Phi) is 2.84. The van der Waals surface area contributed by atoms with Crippen LogP contribution >= 0.6 is 0 Å². The molecule has 1 aliphatic heterocycles. The van der Waals surface area contributed by atoms with Crippen LogP contribution in [0.2, 0.25) is 0 Å². The highest BCUT2D eigenvalue weighted by Gasteiger charge is 2.24. The molecule has 11 heavy (non-hydrogen) atoms. The summed E-state index contributed by atoms with van der Waals surface area (Å²) in [6.07, 6.45) is 0. The first-order chi connectivity index (χ1) is 5.24. The molecule has 0 bridgehead atoms. The van der Waals surface area contributed by atoms with Gasteiger partial charge in [-0.15, -0.1) is 0 Å². The Bertz CT molecular complexity index is 149. The van der Waals surface area contributed by atoms with E-state index in [0.717, 1.165) is 0 Å². The Morgan fingerprint density at radius 2 is 2.36 bits per heavy atom. The molecule has 64 valence electrons. The first kappa shape index (κ1) is 8.49. The van der Waals surface area contributed by atoms with Gasteiger partial charge < -0.3 is 9.47 Å². The second kappa shape index (κ2) is 3.69. The molecule has 4 heteroatoms. The standard InChI is InChI=1S/C7H13NO3/c1-5-3-11-4-6(8-5)7(9)10-2/h5-6,8H,3-4H2,1-2H3/t5-,6-/m1/s1. The Morgan fingerprint density at radius 3 is 2.91 bits per heavy atom. The molecule has 0 aromatic heterocycles. The number of esters is 1. The predicted octanol–water partition coefficient (Wildman–Crippen LogP) is -0.464. The molecule has 1 rings (SSSR count). The van der Waals surface area contributed by atoms with E-state index in [-0.39, 0.29) is 18.1 Å². The number of methoxy groups -OCH3 is 1. The highest BCUT2D eigenvalue weighted by Crippen LogP contribution is 1.99. The fraction of sp³-hybridized carbons (Fsp3) is 0.857. The van der Waals surface area contributed by atoms with Gasteiger partial charge in [0.1, 0.15) is 6.04 Å². The number of carbonyl (C=O) groups excluding carboxylic acids is 1. The van der Waals surface area contributed by atoms with Gasteiger partial charge in [-0.2, -0.15) is 0 Å². The molecule has 4 nitrogen and oxygen atoms in total. The van der Waals surface area contributed by atoms with Gasteiger partial charge in [-0.05, 0) is 6.92 Å². The molecule has 1 heterocycles. The lowest BCUT2D eigenvalue weighted by Crippen LogP contribution is -2.51. The average molecular weight is 159 g/mol. The van der Waals surface area contributed by atoms with Crippen LogP contribution in [0.5, 0.6) is 0 Å². The van der Waals surface area contributed by atoms with E-state index in [1.54, 1.807) is 0 Å². The number of carbonyl (C=O) groups is 1. The third kappa shape index (κ3) is 2.17. The van der Waals surface area contributed by atoms with E-state index in [4.69, 9.17) is 4.74 Å². The van der Waals surface area contributed by atoms with E-state index >= 15 is 0 Å². The van der Waals surface area contributed by atoms with Gasteiger partial charge in [-0.3, -0.25) is 10.1 Å².